The van der Waals surface area contributed by atoms with Crippen LogP contribution < -0.4 is 0 Å². The highest BCUT2D eigenvalue weighted by atomic mass is 127. The van der Waals surface area contributed by atoms with Gasteiger partial charge in [-0.2, -0.15) is 0 Å². The SMILES string of the molecule is O=C1C(I)CC[C@@H]2[C@H]3CCCN4CCC[C@H](CN12)[C@@H]34. The maximum atomic E-state index is 12.5. The van der Waals surface area contributed by atoms with Gasteiger partial charge in [0.2, 0.25) is 5.91 Å². The quantitative estimate of drug-likeness (QED) is 0.480. The number of alkyl halides is 1. The van der Waals surface area contributed by atoms with E-state index >= 15 is 0 Å². The first-order valence-electron chi connectivity index (χ1n) is 7.94. The van der Waals surface area contributed by atoms with E-state index < -0.39 is 0 Å². The van der Waals surface area contributed by atoms with Gasteiger partial charge >= 0.3 is 0 Å². The predicted molar refractivity (Wildman–Crippen MR) is 83.4 cm³/mol. The van der Waals surface area contributed by atoms with E-state index in [4.69, 9.17) is 0 Å². The topological polar surface area (TPSA) is 23.6 Å². The van der Waals surface area contributed by atoms with Crippen molar-refractivity contribution in [2.75, 3.05) is 19.6 Å². The second kappa shape index (κ2) is 4.86. The first-order chi connectivity index (χ1) is 9.25. The zero-order valence-electron chi connectivity index (χ0n) is 11.4. The molecule has 4 aliphatic rings. The minimum absolute atomic E-state index is 0.244. The highest BCUT2D eigenvalue weighted by molar-refractivity contribution is 14.1. The molecule has 4 aliphatic heterocycles. The van der Waals surface area contributed by atoms with E-state index in [1.165, 1.54) is 45.2 Å². The molecule has 106 valence electrons. The van der Waals surface area contributed by atoms with Crippen LogP contribution in [0.15, 0.2) is 0 Å². The molecule has 4 saturated heterocycles. The van der Waals surface area contributed by atoms with Gasteiger partial charge in [-0.15, -0.1) is 0 Å². The summed E-state index contributed by atoms with van der Waals surface area (Å²) in [5.74, 6) is 1.99. The lowest BCUT2D eigenvalue weighted by molar-refractivity contribution is -0.149. The molecule has 4 rings (SSSR count). The second-order valence-electron chi connectivity index (χ2n) is 6.84. The van der Waals surface area contributed by atoms with E-state index in [-0.39, 0.29) is 3.92 Å². The Hall–Kier alpha value is 0.160. The molecule has 4 heteroatoms. The maximum Gasteiger partial charge on any atom is 0.235 e. The number of carbonyl (C=O) groups is 1. The van der Waals surface area contributed by atoms with E-state index in [1.54, 1.807) is 0 Å². The fourth-order valence-corrected chi connectivity index (χ4v) is 5.96. The number of carbonyl (C=O) groups excluding carboxylic acids is 1. The largest absolute Gasteiger partial charge is 0.338 e. The Bertz CT molecular complexity index is 386. The molecule has 0 aromatic heterocycles. The third-order valence-corrected chi connectivity index (χ3v) is 7.09. The standard InChI is InChI=1S/C15H23IN2O/c16-12-5-6-13-11-4-2-8-17-7-1-3-10(14(11)17)9-18(13)15(12)19/h10-14H,1-9H2/t10-,11-,12?,13-,14+/m1/s1. The van der Waals surface area contributed by atoms with Crippen LogP contribution in [0.3, 0.4) is 0 Å². The maximum absolute atomic E-state index is 12.5. The van der Waals surface area contributed by atoms with Gasteiger partial charge in [0.1, 0.15) is 0 Å². The minimum atomic E-state index is 0.244. The molecule has 3 nitrogen and oxygen atoms in total. The molecule has 0 saturated carbocycles. The van der Waals surface area contributed by atoms with Crippen molar-refractivity contribution in [3.05, 3.63) is 0 Å². The van der Waals surface area contributed by atoms with Gasteiger partial charge in [0.15, 0.2) is 0 Å². The fourth-order valence-electron chi connectivity index (χ4n) is 5.24. The molecule has 0 aliphatic carbocycles. The zero-order chi connectivity index (χ0) is 13.0. The number of amides is 1. The molecule has 19 heavy (non-hydrogen) atoms. The molecule has 0 N–H and O–H groups in total. The van der Waals surface area contributed by atoms with Crippen molar-refractivity contribution >= 4 is 28.5 Å². The van der Waals surface area contributed by atoms with Gasteiger partial charge in [-0.05, 0) is 63.5 Å². The van der Waals surface area contributed by atoms with Gasteiger partial charge in [-0.1, -0.05) is 22.6 Å². The molecule has 5 atom stereocenters. The Labute approximate surface area is 129 Å². The lowest BCUT2D eigenvalue weighted by Gasteiger charge is -2.59. The zero-order valence-corrected chi connectivity index (χ0v) is 13.6. The molecule has 0 radical (unpaired) electrons. The summed E-state index contributed by atoms with van der Waals surface area (Å²) in [5.41, 5.74) is 0. The Morgan fingerprint density at radius 1 is 1.05 bits per heavy atom. The molecular weight excluding hydrogens is 351 g/mol. The Morgan fingerprint density at radius 3 is 2.68 bits per heavy atom. The first-order valence-corrected chi connectivity index (χ1v) is 9.19. The molecule has 0 aromatic carbocycles. The fraction of sp³-hybridized carbons (Fsp3) is 0.933. The van der Waals surface area contributed by atoms with Crippen molar-refractivity contribution in [1.82, 2.24) is 9.80 Å². The number of nitrogens with zero attached hydrogens (tertiary/aromatic N) is 2. The van der Waals surface area contributed by atoms with E-state index in [9.17, 15) is 4.79 Å². The number of rotatable bonds is 0. The molecule has 1 unspecified atom stereocenters. The van der Waals surface area contributed by atoms with Gasteiger partial charge in [-0.3, -0.25) is 9.69 Å². The molecule has 0 bridgehead atoms. The van der Waals surface area contributed by atoms with Gasteiger partial charge in [0.05, 0.1) is 3.92 Å². The normalized spacial score (nSPS) is 46.7. The summed E-state index contributed by atoms with van der Waals surface area (Å²) >= 11 is 2.36. The Morgan fingerprint density at radius 2 is 1.84 bits per heavy atom. The van der Waals surface area contributed by atoms with Crippen molar-refractivity contribution in [3.63, 3.8) is 0 Å². The van der Waals surface area contributed by atoms with E-state index in [0.29, 0.717) is 11.9 Å². The van der Waals surface area contributed by atoms with Crippen LogP contribution in [-0.4, -0.2) is 51.3 Å². The third kappa shape index (κ3) is 1.96. The average molecular weight is 374 g/mol. The van der Waals surface area contributed by atoms with Crippen molar-refractivity contribution < 1.29 is 4.79 Å². The summed E-state index contributed by atoms with van der Waals surface area (Å²) in [4.78, 5) is 17.6. The summed E-state index contributed by atoms with van der Waals surface area (Å²) in [6, 6.07) is 1.38. The van der Waals surface area contributed by atoms with Crippen LogP contribution >= 0.6 is 22.6 Å². The van der Waals surface area contributed by atoms with E-state index in [0.717, 1.165) is 30.8 Å². The third-order valence-electron chi connectivity index (χ3n) is 5.94. The van der Waals surface area contributed by atoms with Gasteiger partial charge in [-0.25, -0.2) is 0 Å². The molecular formula is C15H23IN2O. The summed E-state index contributed by atoms with van der Waals surface area (Å²) < 4.78 is 0.244. The molecule has 0 spiro atoms. The Balaban J connectivity index is 1.65. The van der Waals surface area contributed by atoms with Gasteiger partial charge < -0.3 is 4.90 Å². The van der Waals surface area contributed by atoms with Crippen LogP contribution in [-0.2, 0) is 4.79 Å². The van der Waals surface area contributed by atoms with Crippen molar-refractivity contribution in [2.45, 2.75) is 54.5 Å². The molecule has 4 heterocycles. The number of hydrogen-bond donors (Lipinski definition) is 0. The summed E-state index contributed by atoms with van der Waals surface area (Å²) in [6.45, 7) is 3.68. The van der Waals surface area contributed by atoms with Crippen LogP contribution in [0.2, 0.25) is 0 Å². The highest BCUT2D eigenvalue weighted by Gasteiger charge is 2.51. The molecule has 1 amide bonds. The molecule has 4 fully saturated rings. The number of hydrogen-bond acceptors (Lipinski definition) is 2. The van der Waals surface area contributed by atoms with Crippen LogP contribution in [0.5, 0.6) is 0 Å². The monoisotopic (exact) mass is 374 g/mol. The second-order valence-corrected chi connectivity index (χ2v) is 8.34. The number of halogens is 1. The average Bonchev–Trinajstić information content (AvgIpc) is 2.44. The predicted octanol–water partition coefficient (Wildman–Crippen LogP) is 2.29. The lowest BCUT2D eigenvalue weighted by Crippen LogP contribution is -2.67. The number of fused-ring (bicyclic) bond motifs is 2. The van der Waals surface area contributed by atoms with E-state index in [2.05, 4.69) is 32.4 Å². The van der Waals surface area contributed by atoms with Crippen LogP contribution in [0, 0.1) is 11.8 Å². The van der Waals surface area contributed by atoms with Crippen molar-refractivity contribution in [2.24, 2.45) is 11.8 Å². The van der Waals surface area contributed by atoms with Crippen molar-refractivity contribution in [3.8, 4) is 0 Å². The van der Waals surface area contributed by atoms with Crippen molar-refractivity contribution in [1.29, 1.82) is 0 Å². The summed E-state index contributed by atoms with van der Waals surface area (Å²) in [6.07, 6.45) is 7.75. The Kier molecular flexibility index (Phi) is 3.29. The summed E-state index contributed by atoms with van der Waals surface area (Å²) in [5, 5.41) is 0. The smallest absolute Gasteiger partial charge is 0.235 e. The highest BCUT2D eigenvalue weighted by Crippen LogP contribution is 2.45. The first kappa shape index (κ1) is 12.9. The minimum Gasteiger partial charge on any atom is -0.338 e. The van der Waals surface area contributed by atoms with E-state index in [1.807, 2.05) is 0 Å². The summed E-state index contributed by atoms with van der Waals surface area (Å²) in [7, 11) is 0. The molecule has 0 aromatic rings. The van der Waals surface area contributed by atoms with Crippen LogP contribution in [0.25, 0.3) is 0 Å². The lowest BCUT2D eigenvalue weighted by atomic mass is 9.68. The van der Waals surface area contributed by atoms with Gasteiger partial charge in [0, 0.05) is 18.6 Å². The number of piperidine rings is 4. The van der Waals surface area contributed by atoms with Crippen LogP contribution in [0.1, 0.15) is 38.5 Å². The van der Waals surface area contributed by atoms with Crippen LogP contribution in [0.4, 0.5) is 0 Å². The van der Waals surface area contributed by atoms with Gasteiger partial charge in [0.25, 0.3) is 0 Å².